The minimum absolute atomic E-state index is 0.0408. The number of carbonyl (C=O) groups excluding carboxylic acids is 1. The van der Waals surface area contributed by atoms with Crippen LogP contribution in [0.4, 0.5) is 17.2 Å². The molecule has 0 radical (unpaired) electrons. The zero-order chi connectivity index (χ0) is 15.6. The summed E-state index contributed by atoms with van der Waals surface area (Å²) in [4.78, 5) is 25.9. The molecule has 108 valence electrons. The maximum absolute atomic E-state index is 12.1. The van der Waals surface area contributed by atoms with Crippen molar-refractivity contribution in [1.29, 1.82) is 0 Å². The topological polar surface area (TPSA) is 111 Å². The largest absolute Gasteiger partial charge is 0.383 e. The van der Waals surface area contributed by atoms with Gasteiger partial charge < -0.3 is 11.1 Å². The Hall–Kier alpha value is -2.48. The summed E-state index contributed by atoms with van der Waals surface area (Å²) in [5, 5.41) is 13.3. The highest BCUT2D eigenvalue weighted by Gasteiger charge is 2.16. The molecule has 0 saturated carbocycles. The lowest BCUT2D eigenvalue weighted by molar-refractivity contribution is -0.385. The molecule has 0 saturated heterocycles. The van der Waals surface area contributed by atoms with Crippen molar-refractivity contribution >= 4 is 39.0 Å². The molecule has 7 nitrogen and oxygen atoms in total. The van der Waals surface area contributed by atoms with E-state index in [1.54, 1.807) is 12.1 Å². The predicted molar refractivity (Wildman–Crippen MR) is 82.1 cm³/mol. The summed E-state index contributed by atoms with van der Waals surface area (Å²) in [5.74, 6) is -0.622. The number of nitrogens with one attached hydrogen (secondary N) is 1. The molecule has 2 aromatic rings. The molecule has 1 amide bonds. The Morgan fingerprint density at radius 2 is 2.14 bits per heavy atom. The van der Waals surface area contributed by atoms with Crippen LogP contribution >= 0.6 is 15.9 Å². The van der Waals surface area contributed by atoms with Crippen molar-refractivity contribution in [3.05, 3.63) is 56.2 Å². The number of halogens is 1. The molecular formula is C13H11BrN4O3. The van der Waals surface area contributed by atoms with Crippen LogP contribution in [0.2, 0.25) is 0 Å². The first-order valence-electron chi connectivity index (χ1n) is 5.86. The third-order valence-electron chi connectivity index (χ3n) is 2.79. The van der Waals surface area contributed by atoms with Crippen LogP contribution in [0.1, 0.15) is 15.9 Å². The number of benzene rings is 1. The highest BCUT2D eigenvalue weighted by atomic mass is 79.9. The van der Waals surface area contributed by atoms with Gasteiger partial charge in [0.15, 0.2) is 0 Å². The summed E-state index contributed by atoms with van der Waals surface area (Å²) in [6.07, 6.45) is 1.01. The molecule has 0 aliphatic carbocycles. The lowest BCUT2D eigenvalue weighted by Gasteiger charge is -2.08. The summed E-state index contributed by atoms with van der Waals surface area (Å²) in [6, 6.07) is 6.38. The average Bonchev–Trinajstić information content (AvgIpc) is 2.43. The van der Waals surface area contributed by atoms with E-state index in [4.69, 9.17) is 5.73 Å². The van der Waals surface area contributed by atoms with Crippen molar-refractivity contribution in [2.45, 2.75) is 6.92 Å². The van der Waals surface area contributed by atoms with Crippen LogP contribution in [-0.2, 0) is 0 Å². The van der Waals surface area contributed by atoms with Crippen molar-refractivity contribution in [1.82, 2.24) is 4.98 Å². The molecule has 0 spiro atoms. The highest BCUT2D eigenvalue weighted by Crippen LogP contribution is 2.22. The van der Waals surface area contributed by atoms with E-state index in [0.717, 1.165) is 22.3 Å². The zero-order valence-corrected chi connectivity index (χ0v) is 12.5. The van der Waals surface area contributed by atoms with E-state index in [0.29, 0.717) is 5.69 Å². The van der Waals surface area contributed by atoms with Crippen LogP contribution in [0.15, 0.2) is 34.9 Å². The van der Waals surface area contributed by atoms with Crippen LogP contribution in [0.5, 0.6) is 0 Å². The number of carbonyl (C=O) groups is 1. The van der Waals surface area contributed by atoms with E-state index in [1.165, 1.54) is 0 Å². The minimum Gasteiger partial charge on any atom is -0.383 e. The molecule has 0 atom stereocenters. The number of nitrogens with zero attached hydrogens (tertiary/aromatic N) is 2. The minimum atomic E-state index is -0.633. The number of nitrogen functional groups attached to an aromatic ring is 1. The van der Waals surface area contributed by atoms with Gasteiger partial charge in [0, 0.05) is 16.2 Å². The van der Waals surface area contributed by atoms with Crippen LogP contribution < -0.4 is 11.1 Å². The molecule has 1 aromatic heterocycles. The summed E-state index contributed by atoms with van der Waals surface area (Å²) in [5.41, 5.74) is 6.82. The SMILES string of the molecule is Cc1ccc(NC(=O)c2cc([N+](=O)[O-])cnc2N)cc1Br. The number of pyridine rings is 1. The highest BCUT2D eigenvalue weighted by molar-refractivity contribution is 9.10. The van der Waals surface area contributed by atoms with Crippen LogP contribution in [-0.4, -0.2) is 15.8 Å². The Bertz CT molecular complexity index is 733. The molecule has 21 heavy (non-hydrogen) atoms. The molecule has 0 aliphatic rings. The van der Waals surface area contributed by atoms with Gasteiger partial charge in [0.2, 0.25) is 0 Å². The van der Waals surface area contributed by atoms with E-state index < -0.39 is 10.8 Å². The van der Waals surface area contributed by atoms with Gasteiger partial charge in [-0.05, 0) is 24.6 Å². The number of aromatic nitrogens is 1. The Morgan fingerprint density at radius 3 is 2.76 bits per heavy atom. The quantitative estimate of drug-likeness (QED) is 0.652. The molecule has 3 N–H and O–H groups in total. The molecule has 2 rings (SSSR count). The fourth-order valence-electron chi connectivity index (χ4n) is 1.62. The molecule has 1 aromatic carbocycles. The first-order valence-corrected chi connectivity index (χ1v) is 6.65. The molecule has 0 fully saturated rings. The Balaban J connectivity index is 2.29. The predicted octanol–water partition coefficient (Wildman–Crippen LogP) is 2.90. The standard InChI is InChI=1S/C13H11BrN4O3/c1-7-2-3-8(4-11(7)14)17-13(19)10-5-9(18(20)21)6-16-12(10)15/h2-6H,1H3,(H2,15,16)(H,17,19). The Kier molecular flexibility index (Phi) is 4.18. The van der Waals surface area contributed by atoms with Crippen molar-refractivity contribution in [2.75, 3.05) is 11.1 Å². The van der Waals surface area contributed by atoms with Gasteiger partial charge in [-0.25, -0.2) is 4.98 Å². The van der Waals surface area contributed by atoms with Crippen molar-refractivity contribution in [2.24, 2.45) is 0 Å². The second kappa shape index (κ2) is 5.88. The van der Waals surface area contributed by atoms with Crippen molar-refractivity contribution < 1.29 is 9.72 Å². The zero-order valence-electron chi connectivity index (χ0n) is 11.0. The van der Waals surface area contributed by atoms with E-state index in [1.807, 2.05) is 13.0 Å². The summed E-state index contributed by atoms with van der Waals surface area (Å²) in [7, 11) is 0. The Morgan fingerprint density at radius 1 is 1.43 bits per heavy atom. The lowest BCUT2D eigenvalue weighted by Crippen LogP contribution is -2.15. The molecule has 0 unspecified atom stereocenters. The molecule has 8 heteroatoms. The number of hydrogen-bond acceptors (Lipinski definition) is 5. The number of nitrogens with two attached hydrogens (primary N) is 1. The normalized spacial score (nSPS) is 10.2. The van der Waals surface area contributed by atoms with E-state index in [-0.39, 0.29) is 17.1 Å². The van der Waals surface area contributed by atoms with Gasteiger partial charge in [-0.3, -0.25) is 14.9 Å². The van der Waals surface area contributed by atoms with Gasteiger partial charge in [-0.15, -0.1) is 0 Å². The maximum atomic E-state index is 12.1. The van der Waals surface area contributed by atoms with Crippen LogP contribution in [0, 0.1) is 17.0 Å². The average molecular weight is 351 g/mol. The summed E-state index contributed by atoms with van der Waals surface area (Å²) in [6.45, 7) is 1.91. The lowest BCUT2D eigenvalue weighted by atomic mass is 10.2. The number of rotatable bonds is 3. The number of nitro groups is 1. The monoisotopic (exact) mass is 350 g/mol. The smallest absolute Gasteiger partial charge is 0.288 e. The van der Waals surface area contributed by atoms with Crippen LogP contribution in [0.25, 0.3) is 0 Å². The second-order valence-electron chi connectivity index (χ2n) is 4.30. The van der Waals surface area contributed by atoms with Gasteiger partial charge in [0.05, 0.1) is 10.5 Å². The third kappa shape index (κ3) is 3.34. The summed E-state index contributed by atoms with van der Waals surface area (Å²) >= 11 is 3.36. The molecular weight excluding hydrogens is 340 g/mol. The number of aryl methyl sites for hydroxylation is 1. The third-order valence-corrected chi connectivity index (χ3v) is 3.64. The van der Waals surface area contributed by atoms with Crippen molar-refractivity contribution in [3.63, 3.8) is 0 Å². The molecule has 1 heterocycles. The summed E-state index contributed by atoms with van der Waals surface area (Å²) < 4.78 is 0.838. The first-order chi connectivity index (χ1) is 9.88. The maximum Gasteiger partial charge on any atom is 0.288 e. The second-order valence-corrected chi connectivity index (χ2v) is 5.16. The van der Waals surface area contributed by atoms with Crippen molar-refractivity contribution in [3.8, 4) is 0 Å². The van der Waals surface area contributed by atoms with E-state index in [2.05, 4.69) is 26.2 Å². The van der Waals surface area contributed by atoms with Gasteiger partial charge in [-0.1, -0.05) is 22.0 Å². The number of amides is 1. The molecule has 0 aliphatic heterocycles. The van der Waals surface area contributed by atoms with Crippen LogP contribution in [0.3, 0.4) is 0 Å². The fourth-order valence-corrected chi connectivity index (χ4v) is 1.99. The van der Waals surface area contributed by atoms with E-state index >= 15 is 0 Å². The number of hydrogen-bond donors (Lipinski definition) is 2. The number of anilines is 2. The fraction of sp³-hybridized carbons (Fsp3) is 0.0769. The Labute approximate surface area is 128 Å². The van der Waals surface area contributed by atoms with Gasteiger partial charge in [0.25, 0.3) is 11.6 Å². The van der Waals surface area contributed by atoms with Gasteiger partial charge in [-0.2, -0.15) is 0 Å². The van der Waals surface area contributed by atoms with Gasteiger partial charge >= 0.3 is 0 Å². The van der Waals surface area contributed by atoms with E-state index in [9.17, 15) is 14.9 Å². The molecule has 0 bridgehead atoms. The first kappa shape index (κ1) is 14.9. The van der Waals surface area contributed by atoms with Gasteiger partial charge in [0.1, 0.15) is 12.0 Å².